The smallest absolute Gasteiger partial charge is 0.271 e. The molecule has 10 heteroatoms. The molecule has 3 saturated heterocycles. The molecule has 5 rings (SSSR count). The number of carbonyl (C=O) groups excluding carboxylic acids is 2. The Morgan fingerprint density at radius 1 is 1.20 bits per heavy atom. The number of hydrogen-bond donors (Lipinski definition) is 2. The van der Waals surface area contributed by atoms with Crippen LogP contribution in [0.3, 0.4) is 0 Å². The van der Waals surface area contributed by atoms with Gasteiger partial charge in [0.1, 0.15) is 5.69 Å². The SMILES string of the molecule is CN1CCn2nc(C(=O)NC[C@H]3[C@@H]4CNC[C@@H](C4)[C@@H]4CCCCN43)cc2C1=O.Cl.Cl. The summed E-state index contributed by atoms with van der Waals surface area (Å²) in [6.45, 7) is 5.25. The second-order valence-electron chi connectivity index (χ2n) is 8.86. The number of piperidine rings is 3. The van der Waals surface area contributed by atoms with E-state index in [1.54, 1.807) is 22.7 Å². The van der Waals surface area contributed by atoms with E-state index >= 15 is 0 Å². The van der Waals surface area contributed by atoms with Crippen LogP contribution in [-0.2, 0) is 6.54 Å². The molecule has 3 fully saturated rings. The minimum Gasteiger partial charge on any atom is -0.349 e. The summed E-state index contributed by atoms with van der Waals surface area (Å²) in [6.07, 6.45) is 5.14. The highest BCUT2D eigenvalue weighted by molar-refractivity contribution is 5.98. The number of nitrogens with zero attached hydrogens (tertiary/aromatic N) is 4. The van der Waals surface area contributed by atoms with E-state index in [1.807, 2.05) is 0 Å². The van der Waals surface area contributed by atoms with E-state index in [0.29, 0.717) is 49.0 Å². The Bertz CT molecular complexity index is 787. The summed E-state index contributed by atoms with van der Waals surface area (Å²) in [4.78, 5) is 29.4. The summed E-state index contributed by atoms with van der Waals surface area (Å²) < 4.78 is 1.66. The molecule has 2 amide bonds. The first-order valence-corrected chi connectivity index (χ1v) is 10.7. The second-order valence-corrected chi connectivity index (χ2v) is 8.86. The maximum Gasteiger partial charge on any atom is 0.271 e. The van der Waals surface area contributed by atoms with Crippen molar-refractivity contribution in [2.24, 2.45) is 11.8 Å². The van der Waals surface area contributed by atoms with Gasteiger partial charge in [0.25, 0.3) is 11.8 Å². The van der Waals surface area contributed by atoms with Crippen molar-refractivity contribution in [3.8, 4) is 0 Å². The molecule has 168 valence electrons. The molecule has 8 nitrogen and oxygen atoms in total. The number of likely N-dealkylation sites (N-methyl/N-ethyl adjacent to an activating group) is 1. The molecule has 0 aromatic carbocycles. The summed E-state index contributed by atoms with van der Waals surface area (Å²) in [6, 6.07) is 2.69. The van der Waals surface area contributed by atoms with Crippen LogP contribution in [0.25, 0.3) is 0 Å². The van der Waals surface area contributed by atoms with Crippen molar-refractivity contribution in [1.82, 2.24) is 30.2 Å². The average Bonchev–Trinajstić information content (AvgIpc) is 3.16. The standard InChI is InChI=1S/C20H30N6O2.2ClH/c1-24-6-7-26-17(20(24)28)9-15(23-26)19(27)22-12-18-14-8-13(10-21-11-14)16-4-2-3-5-25(16)18;;/h9,13-14,16,18,21H,2-8,10-12H2,1H3,(H,22,27);2*1H/t13-,14+,16+,18+;;/m1../s1. The Kier molecular flexibility index (Phi) is 7.32. The number of amides is 2. The molecular formula is C20H32Cl2N6O2. The van der Waals surface area contributed by atoms with Crippen LogP contribution < -0.4 is 10.6 Å². The molecule has 4 aliphatic heterocycles. The third kappa shape index (κ3) is 4.07. The predicted octanol–water partition coefficient (Wildman–Crippen LogP) is 1.00. The maximum atomic E-state index is 12.8. The molecule has 2 bridgehead atoms. The highest BCUT2D eigenvalue weighted by Crippen LogP contribution is 2.38. The fraction of sp³-hybridized carbons (Fsp3) is 0.750. The van der Waals surface area contributed by atoms with Crippen LogP contribution in [0.5, 0.6) is 0 Å². The predicted molar refractivity (Wildman–Crippen MR) is 119 cm³/mol. The van der Waals surface area contributed by atoms with Gasteiger partial charge in [-0.25, -0.2) is 0 Å². The average molecular weight is 459 g/mol. The van der Waals surface area contributed by atoms with Crippen LogP contribution in [0.15, 0.2) is 6.07 Å². The Morgan fingerprint density at radius 3 is 2.83 bits per heavy atom. The molecule has 4 aliphatic rings. The van der Waals surface area contributed by atoms with Crippen molar-refractivity contribution in [2.45, 2.75) is 44.3 Å². The summed E-state index contributed by atoms with van der Waals surface area (Å²) in [5.74, 6) is 1.12. The molecule has 5 heterocycles. The highest BCUT2D eigenvalue weighted by Gasteiger charge is 2.45. The second kappa shape index (κ2) is 9.42. The van der Waals surface area contributed by atoms with E-state index in [1.165, 1.54) is 25.7 Å². The Morgan fingerprint density at radius 2 is 2.00 bits per heavy atom. The van der Waals surface area contributed by atoms with Gasteiger partial charge < -0.3 is 15.5 Å². The van der Waals surface area contributed by atoms with Gasteiger partial charge in [-0.1, -0.05) is 6.42 Å². The van der Waals surface area contributed by atoms with Gasteiger partial charge in [-0.15, -0.1) is 24.8 Å². The van der Waals surface area contributed by atoms with Crippen LogP contribution in [0.2, 0.25) is 0 Å². The molecule has 1 aromatic rings. The maximum absolute atomic E-state index is 12.8. The number of aromatic nitrogens is 2. The molecule has 2 N–H and O–H groups in total. The molecule has 0 radical (unpaired) electrons. The number of carbonyl (C=O) groups is 2. The van der Waals surface area contributed by atoms with E-state index in [2.05, 4.69) is 20.6 Å². The van der Waals surface area contributed by atoms with Crippen molar-refractivity contribution in [1.29, 1.82) is 0 Å². The number of fused-ring (bicyclic) bond motifs is 5. The Balaban J connectivity index is 0.00000128. The molecule has 30 heavy (non-hydrogen) atoms. The topological polar surface area (TPSA) is 82.5 Å². The van der Waals surface area contributed by atoms with Gasteiger partial charge in [0.2, 0.25) is 0 Å². The van der Waals surface area contributed by atoms with E-state index in [9.17, 15) is 9.59 Å². The van der Waals surface area contributed by atoms with Gasteiger partial charge in [-0.05, 0) is 50.7 Å². The third-order valence-electron chi connectivity index (χ3n) is 7.22. The summed E-state index contributed by atoms with van der Waals surface area (Å²) >= 11 is 0. The van der Waals surface area contributed by atoms with Crippen LogP contribution in [0.4, 0.5) is 0 Å². The van der Waals surface area contributed by atoms with Gasteiger partial charge in [0, 0.05) is 38.3 Å². The van der Waals surface area contributed by atoms with Crippen molar-refractivity contribution < 1.29 is 9.59 Å². The lowest BCUT2D eigenvalue weighted by Crippen LogP contribution is -2.65. The van der Waals surface area contributed by atoms with Gasteiger partial charge in [-0.3, -0.25) is 19.2 Å². The zero-order chi connectivity index (χ0) is 19.3. The molecule has 0 unspecified atom stereocenters. The van der Waals surface area contributed by atoms with Gasteiger partial charge in [-0.2, -0.15) is 5.10 Å². The molecular weight excluding hydrogens is 427 g/mol. The molecule has 0 saturated carbocycles. The largest absolute Gasteiger partial charge is 0.349 e. The highest BCUT2D eigenvalue weighted by atomic mass is 35.5. The minimum absolute atomic E-state index is 0. The number of rotatable bonds is 3. The number of hydrogen-bond acceptors (Lipinski definition) is 5. The first kappa shape index (κ1) is 23.3. The van der Waals surface area contributed by atoms with Crippen LogP contribution in [0, 0.1) is 11.8 Å². The van der Waals surface area contributed by atoms with E-state index in [-0.39, 0.29) is 36.6 Å². The van der Waals surface area contributed by atoms with E-state index < -0.39 is 0 Å². The lowest BCUT2D eigenvalue weighted by atomic mass is 9.73. The van der Waals surface area contributed by atoms with Crippen LogP contribution in [-0.4, -0.2) is 83.2 Å². The summed E-state index contributed by atoms with van der Waals surface area (Å²) in [5, 5.41) is 11.1. The fourth-order valence-corrected chi connectivity index (χ4v) is 5.75. The molecule has 1 aromatic heterocycles. The summed E-state index contributed by atoms with van der Waals surface area (Å²) in [7, 11) is 1.78. The first-order chi connectivity index (χ1) is 13.6. The minimum atomic E-state index is -0.170. The Hall–Kier alpha value is -1.35. The zero-order valence-corrected chi connectivity index (χ0v) is 19.0. The monoisotopic (exact) mass is 458 g/mol. The lowest BCUT2D eigenvalue weighted by Gasteiger charge is -2.55. The first-order valence-electron chi connectivity index (χ1n) is 10.7. The summed E-state index contributed by atoms with van der Waals surface area (Å²) in [5.41, 5.74) is 0.858. The van der Waals surface area contributed by atoms with Crippen molar-refractivity contribution in [3.05, 3.63) is 17.5 Å². The van der Waals surface area contributed by atoms with Gasteiger partial charge in [0.05, 0.1) is 6.54 Å². The lowest BCUT2D eigenvalue weighted by molar-refractivity contribution is -0.0371. The quantitative estimate of drug-likeness (QED) is 0.705. The number of halogens is 2. The van der Waals surface area contributed by atoms with Crippen molar-refractivity contribution >= 4 is 36.6 Å². The third-order valence-corrected chi connectivity index (χ3v) is 7.22. The normalized spacial score (nSPS) is 30.4. The van der Waals surface area contributed by atoms with Gasteiger partial charge in [0.15, 0.2) is 5.69 Å². The fourth-order valence-electron chi connectivity index (χ4n) is 5.75. The van der Waals surface area contributed by atoms with Crippen LogP contribution in [0.1, 0.15) is 46.7 Å². The van der Waals surface area contributed by atoms with Gasteiger partial charge >= 0.3 is 0 Å². The molecule has 0 aliphatic carbocycles. The van der Waals surface area contributed by atoms with E-state index in [4.69, 9.17) is 0 Å². The molecule has 0 spiro atoms. The van der Waals surface area contributed by atoms with Crippen molar-refractivity contribution in [3.63, 3.8) is 0 Å². The zero-order valence-electron chi connectivity index (χ0n) is 17.4. The number of nitrogens with one attached hydrogen (secondary N) is 2. The van der Waals surface area contributed by atoms with Crippen LogP contribution >= 0.6 is 24.8 Å². The Labute approximate surface area is 189 Å². The molecule has 4 atom stereocenters. The van der Waals surface area contributed by atoms with Crippen molar-refractivity contribution in [2.75, 3.05) is 39.8 Å². The van der Waals surface area contributed by atoms with E-state index in [0.717, 1.165) is 25.6 Å².